The predicted octanol–water partition coefficient (Wildman–Crippen LogP) is 5.31. The lowest BCUT2D eigenvalue weighted by molar-refractivity contribution is -0.118. The maximum absolute atomic E-state index is 13.0. The van der Waals surface area contributed by atoms with Gasteiger partial charge in [-0.2, -0.15) is 0 Å². The Hall–Kier alpha value is -2.40. The van der Waals surface area contributed by atoms with Gasteiger partial charge in [0, 0.05) is 24.1 Å². The van der Waals surface area contributed by atoms with Gasteiger partial charge in [0.05, 0.1) is 6.61 Å². The summed E-state index contributed by atoms with van der Waals surface area (Å²) in [5, 5.41) is 3.00. The van der Waals surface area contributed by atoms with E-state index < -0.39 is 0 Å². The first-order valence-corrected chi connectivity index (χ1v) is 10.9. The summed E-state index contributed by atoms with van der Waals surface area (Å²) in [4.78, 5) is 14.5. The fraction of sp³-hybridized carbons (Fsp3) is 0.480. The van der Waals surface area contributed by atoms with Crippen LogP contribution in [0.25, 0.3) is 0 Å². The van der Waals surface area contributed by atoms with Gasteiger partial charge in [-0.25, -0.2) is 4.39 Å². The molecular weight excluding hydrogens is 379 g/mol. The molecule has 0 saturated carbocycles. The number of benzene rings is 2. The molecule has 30 heavy (non-hydrogen) atoms. The van der Waals surface area contributed by atoms with Gasteiger partial charge in [-0.3, -0.25) is 4.79 Å². The largest absolute Gasteiger partial charge is 0.493 e. The lowest BCUT2D eigenvalue weighted by Crippen LogP contribution is -2.37. The monoisotopic (exact) mass is 412 g/mol. The van der Waals surface area contributed by atoms with E-state index in [4.69, 9.17) is 4.74 Å². The Kier molecular flexibility index (Phi) is 7.86. The van der Waals surface area contributed by atoms with Gasteiger partial charge >= 0.3 is 0 Å². The highest BCUT2D eigenvalue weighted by Gasteiger charge is 2.22. The third-order valence-corrected chi connectivity index (χ3v) is 5.66. The Morgan fingerprint density at radius 2 is 1.83 bits per heavy atom. The van der Waals surface area contributed by atoms with Gasteiger partial charge in [-0.15, -0.1) is 0 Å². The average molecular weight is 413 g/mol. The second kappa shape index (κ2) is 10.6. The second-order valence-electron chi connectivity index (χ2n) is 8.71. The van der Waals surface area contributed by atoms with Crippen molar-refractivity contribution in [3.8, 4) is 5.75 Å². The van der Waals surface area contributed by atoms with Crippen LogP contribution in [0.15, 0.2) is 48.5 Å². The highest BCUT2D eigenvalue weighted by molar-refractivity contribution is 5.92. The lowest BCUT2D eigenvalue weighted by Gasteiger charge is -2.33. The number of carbonyl (C=O) groups excluding carboxylic acids is 1. The molecule has 0 aromatic heterocycles. The Bertz CT molecular complexity index is 814. The van der Waals surface area contributed by atoms with Crippen molar-refractivity contribution in [1.82, 2.24) is 4.90 Å². The van der Waals surface area contributed by atoms with Crippen LogP contribution in [0.5, 0.6) is 5.75 Å². The fourth-order valence-corrected chi connectivity index (χ4v) is 3.87. The van der Waals surface area contributed by atoms with Gasteiger partial charge in [0.15, 0.2) is 0 Å². The molecule has 2 aromatic carbocycles. The van der Waals surface area contributed by atoms with Crippen molar-refractivity contribution in [2.24, 2.45) is 11.8 Å². The highest BCUT2D eigenvalue weighted by Crippen LogP contribution is 2.30. The van der Waals surface area contributed by atoms with Gasteiger partial charge < -0.3 is 15.0 Å². The molecule has 4 nitrogen and oxygen atoms in total. The van der Waals surface area contributed by atoms with E-state index in [1.165, 1.54) is 17.7 Å². The van der Waals surface area contributed by atoms with E-state index in [9.17, 15) is 9.18 Å². The molecule has 0 unspecified atom stereocenters. The molecule has 0 radical (unpaired) electrons. The molecule has 1 fully saturated rings. The van der Waals surface area contributed by atoms with E-state index in [0.29, 0.717) is 24.2 Å². The van der Waals surface area contributed by atoms with Crippen molar-refractivity contribution >= 4 is 11.6 Å². The Balaban J connectivity index is 1.44. The molecule has 2 aromatic rings. The molecule has 0 bridgehead atoms. The molecule has 1 atom stereocenters. The van der Waals surface area contributed by atoms with Crippen molar-refractivity contribution in [2.75, 3.05) is 31.6 Å². The number of ether oxygens (including phenoxy) is 1. The first-order valence-electron chi connectivity index (χ1n) is 10.9. The normalized spacial score (nSPS) is 16.4. The van der Waals surface area contributed by atoms with Crippen LogP contribution in [-0.2, 0) is 4.79 Å². The topological polar surface area (TPSA) is 41.6 Å². The molecule has 1 aliphatic heterocycles. The van der Waals surface area contributed by atoms with Crippen molar-refractivity contribution in [3.63, 3.8) is 0 Å². The number of hydrogen-bond donors (Lipinski definition) is 1. The number of anilines is 1. The van der Waals surface area contributed by atoms with Crippen LogP contribution in [0.2, 0.25) is 0 Å². The quantitative estimate of drug-likeness (QED) is 0.638. The van der Waals surface area contributed by atoms with Crippen molar-refractivity contribution in [2.45, 2.75) is 39.5 Å². The van der Waals surface area contributed by atoms with Crippen LogP contribution >= 0.6 is 0 Å². The summed E-state index contributed by atoms with van der Waals surface area (Å²) in [6, 6.07) is 14.5. The first kappa shape index (κ1) is 22.3. The summed E-state index contributed by atoms with van der Waals surface area (Å²) >= 11 is 0. The summed E-state index contributed by atoms with van der Waals surface area (Å²) in [5.74, 6) is 1.44. The molecule has 162 valence electrons. The highest BCUT2D eigenvalue weighted by atomic mass is 19.1. The van der Waals surface area contributed by atoms with Gasteiger partial charge in [0.25, 0.3) is 0 Å². The summed E-state index contributed by atoms with van der Waals surface area (Å²) in [6.45, 7) is 9.75. The molecule has 1 saturated heterocycles. The molecular formula is C25H33FN2O2. The summed E-state index contributed by atoms with van der Waals surface area (Å²) in [6.07, 6.45) is 2.24. The number of piperidine rings is 1. The lowest BCUT2D eigenvalue weighted by atomic mass is 9.89. The number of rotatable bonds is 8. The van der Waals surface area contributed by atoms with Crippen LogP contribution in [-0.4, -0.2) is 37.0 Å². The zero-order valence-electron chi connectivity index (χ0n) is 18.2. The molecule has 0 aliphatic carbocycles. The molecule has 3 rings (SSSR count). The smallest absolute Gasteiger partial charge is 0.226 e. The number of carbonyl (C=O) groups is 1. The van der Waals surface area contributed by atoms with E-state index in [1.54, 1.807) is 12.1 Å². The van der Waals surface area contributed by atoms with E-state index >= 15 is 0 Å². The second-order valence-corrected chi connectivity index (χ2v) is 8.71. The fourth-order valence-electron chi connectivity index (χ4n) is 3.87. The summed E-state index contributed by atoms with van der Waals surface area (Å²) in [5.41, 5.74) is 2.20. The van der Waals surface area contributed by atoms with Crippen molar-refractivity contribution < 1.29 is 13.9 Å². The number of hydrogen-bond acceptors (Lipinski definition) is 3. The average Bonchev–Trinajstić information content (AvgIpc) is 2.74. The summed E-state index contributed by atoms with van der Waals surface area (Å²) < 4.78 is 18.8. The third kappa shape index (κ3) is 6.56. The van der Waals surface area contributed by atoms with Crippen LogP contribution in [0.4, 0.5) is 10.1 Å². The maximum atomic E-state index is 13.0. The molecule has 5 heteroatoms. The van der Waals surface area contributed by atoms with E-state index in [-0.39, 0.29) is 17.6 Å². The summed E-state index contributed by atoms with van der Waals surface area (Å²) in [7, 11) is 0. The molecule has 1 heterocycles. The number of likely N-dealkylation sites (tertiary alicyclic amines) is 1. The number of halogens is 1. The number of nitrogens with one attached hydrogen (secondary N) is 1. The van der Waals surface area contributed by atoms with Gasteiger partial charge in [-0.05, 0) is 73.8 Å². The van der Waals surface area contributed by atoms with Crippen molar-refractivity contribution in [3.05, 3.63) is 59.9 Å². The van der Waals surface area contributed by atoms with Crippen LogP contribution in [0, 0.1) is 17.7 Å². The van der Waals surface area contributed by atoms with Gasteiger partial charge in [0.2, 0.25) is 5.91 Å². The van der Waals surface area contributed by atoms with E-state index in [2.05, 4.69) is 29.3 Å². The molecule has 1 aliphatic rings. The minimum atomic E-state index is -0.244. The molecule has 0 spiro atoms. The minimum absolute atomic E-state index is 0.0223. The molecule has 1 N–H and O–H groups in total. The Morgan fingerprint density at radius 3 is 2.50 bits per heavy atom. The number of amides is 1. The first-order chi connectivity index (χ1) is 14.4. The zero-order valence-corrected chi connectivity index (χ0v) is 18.2. The Labute approximate surface area is 179 Å². The SMILES string of the molecule is CC(C)C(=O)Nc1cccc(C2CCN(C[C@H](C)COc3ccc(F)cc3)CC2)c1. The number of nitrogens with zero attached hydrogens (tertiary/aromatic N) is 1. The van der Waals surface area contributed by atoms with Crippen LogP contribution < -0.4 is 10.1 Å². The standard InChI is InChI=1S/C25H33FN2O2/c1-18(2)25(29)27-23-6-4-5-21(15-23)20-11-13-28(14-12-20)16-19(3)17-30-24-9-7-22(26)8-10-24/h4-10,15,18-20H,11-14,16-17H2,1-3H3,(H,27,29)/t19-/m0/s1. The third-order valence-electron chi connectivity index (χ3n) is 5.66. The van der Waals surface area contributed by atoms with E-state index in [1.807, 2.05) is 26.0 Å². The minimum Gasteiger partial charge on any atom is -0.493 e. The van der Waals surface area contributed by atoms with Crippen LogP contribution in [0.3, 0.4) is 0 Å². The molecule has 1 amide bonds. The maximum Gasteiger partial charge on any atom is 0.226 e. The Morgan fingerprint density at radius 1 is 1.13 bits per heavy atom. The van der Waals surface area contributed by atoms with Gasteiger partial charge in [0.1, 0.15) is 11.6 Å². The zero-order chi connectivity index (χ0) is 21.5. The van der Waals surface area contributed by atoms with Crippen molar-refractivity contribution in [1.29, 1.82) is 0 Å². The van der Waals surface area contributed by atoms with Crippen LogP contribution in [0.1, 0.15) is 45.1 Å². The van der Waals surface area contributed by atoms with E-state index in [0.717, 1.165) is 38.2 Å². The predicted molar refractivity (Wildman–Crippen MR) is 119 cm³/mol. The van der Waals surface area contributed by atoms with Gasteiger partial charge in [-0.1, -0.05) is 32.9 Å².